The van der Waals surface area contributed by atoms with Crippen LogP contribution in [-0.2, 0) is 14.3 Å². The maximum absolute atomic E-state index is 12.4. The zero-order chi connectivity index (χ0) is 25.5. The van der Waals surface area contributed by atoms with E-state index in [9.17, 15) is 9.59 Å². The van der Waals surface area contributed by atoms with Crippen molar-refractivity contribution in [3.63, 3.8) is 0 Å². The molecule has 1 N–H and O–H groups in total. The Labute approximate surface area is 211 Å². The fraction of sp³-hybridized carbons (Fsp3) is 0.931. The van der Waals surface area contributed by atoms with E-state index >= 15 is 0 Å². The van der Waals surface area contributed by atoms with Crippen LogP contribution in [0.2, 0.25) is 0 Å². The molecular formula is C29H57NO4. The molecule has 5 heteroatoms. The van der Waals surface area contributed by atoms with Gasteiger partial charge in [0.1, 0.15) is 6.04 Å². The lowest BCUT2D eigenvalue weighted by Crippen LogP contribution is -2.42. The average Bonchev–Trinajstić information content (AvgIpc) is 2.79. The summed E-state index contributed by atoms with van der Waals surface area (Å²) in [6, 6.07) is -0.622. The van der Waals surface area contributed by atoms with E-state index in [2.05, 4.69) is 19.2 Å². The molecule has 5 nitrogen and oxygen atoms in total. The van der Waals surface area contributed by atoms with Crippen molar-refractivity contribution in [2.24, 2.45) is 5.41 Å². The molecule has 1 atom stereocenters. The minimum Gasteiger partial charge on any atom is -0.464 e. The number of esters is 1. The number of unbranched alkanes of at least 4 members (excludes halogenated alkanes) is 15. The van der Waals surface area contributed by atoms with Crippen LogP contribution in [0, 0.1) is 5.41 Å². The summed E-state index contributed by atoms with van der Waals surface area (Å²) in [5.74, 6) is -0.341. The number of rotatable bonds is 22. The fourth-order valence-electron chi connectivity index (χ4n) is 3.87. The van der Waals surface area contributed by atoms with Gasteiger partial charge in [0.25, 0.3) is 0 Å². The van der Waals surface area contributed by atoms with Crippen LogP contribution >= 0.6 is 0 Å². The van der Waals surface area contributed by atoms with Crippen LogP contribution in [0.4, 0.5) is 4.79 Å². The molecule has 0 saturated heterocycles. The highest BCUT2D eigenvalue weighted by Gasteiger charge is 2.23. The van der Waals surface area contributed by atoms with Crippen molar-refractivity contribution in [3.8, 4) is 0 Å². The topological polar surface area (TPSA) is 64.6 Å². The monoisotopic (exact) mass is 483 g/mol. The van der Waals surface area contributed by atoms with Crippen LogP contribution in [0.15, 0.2) is 0 Å². The molecule has 0 fully saturated rings. The first-order valence-corrected chi connectivity index (χ1v) is 14.4. The fourth-order valence-corrected chi connectivity index (χ4v) is 3.87. The van der Waals surface area contributed by atoms with Gasteiger partial charge < -0.3 is 14.8 Å². The predicted octanol–water partition coefficient (Wildman–Crippen LogP) is 8.73. The Balaban J connectivity index is 3.74. The average molecular weight is 484 g/mol. The van der Waals surface area contributed by atoms with Crippen molar-refractivity contribution >= 4 is 12.1 Å². The lowest BCUT2D eigenvalue weighted by molar-refractivity contribution is -0.146. The predicted molar refractivity (Wildman–Crippen MR) is 143 cm³/mol. The maximum atomic E-state index is 12.4. The summed E-state index contributed by atoms with van der Waals surface area (Å²) in [6.45, 7) is 11.1. The van der Waals surface area contributed by atoms with E-state index in [1.165, 1.54) is 83.5 Å². The van der Waals surface area contributed by atoms with Gasteiger partial charge in [0.15, 0.2) is 0 Å². The third-order valence-corrected chi connectivity index (χ3v) is 6.05. The summed E-state index contributed by atoms with van der Waals surface area (Å²) in [5.41, 5.74) is -0.107. The van der Waals surface area contributed by atoms with E-state index in [0.717, 1.165) is 25.7 Å². The van der Waals surface area contributed by atoms with Gasteiger partial charge in [-0.15, -0.1) is 0 Å². The molecule has 0 aromatic carbocycles. The van der Waals surface area contributed by atoms with Crippen molar-refractivity contribution in [1.82, 2.24) is 5.32 Å². The molecule has 0 saturated carbocycles. The zero-order valence-electron chi connectivity index (χ0n) is 23.4. The first kappa shape index (κ1) is 32.7. The van der Waals surface area contributed by atoms with E-state index in [1.54, 1.807) is 0 Å². The van der Waals surface area contributed by atoms with Crippen molar-refractivity contribution in [3.05, 3.63) is 0 Å². The van der Waals surface area contributed by atoms with E-state index < -0.39 is 12.1 Å². The van der Waals surface area contributed by atoms with Gasteiger partial charge in [-0.1, -0.05) is 137 Å². The second-order valence-corrected chi connectivity index (χ2v) is 11.1. The van der Waals surface area contributed by atoms with Gasteiger partial charge >= 0.3 is 12.1 Å². The second-order valence-electron chi connectivity index (χ2n) is 11.1. The summed E-state index contributed by atoms with van der Waals surface area (Å²) < 4.78 is 10.7. The van der Waals surface area contributed by atoms with Crippen LogP contribution in [-0.4, -0.2) is 31.3 Å². The molecular weight excluding hydrogens is 426 g/mol. The third-order valence-electron chi connectivity index (χ3n) is 6.05. The number of nitrogens with one attached hydrogen (secondary N) is 1. The molecule has 1 unspecified atom stereocenters. The van der Waals surface area contributed by atoms with Crippen LogP contribution in [0.25, 0.3) is 0 Å². The van der Waals surface area contributed by atoms with Gasteiger partial charge in [0.05, 0.1) is 13.2 Å². The zero-order valence-corrected chi connectivity index (χ0v) is 23.4. The molecule has 0 aliphatic carbocycles. The first-order valence-electron chi connectivity index (χ1n) is 14.4. The SMILES string of the molecule is CCCCCCCCCCCCCCCCCOC(=O)C(CCCC)NC(=O)OCC(C)(C)C. The van der Waals surface area contributed by atoms with E-state index in [-0.39, 0.29) is 11.4 Å². The standard InChI is InChI=1S/C29H57NO4/c1-6-8-10-11-12-13-14-15-16-17-18-19-20-21-22-24-33-27(31)26(23-9-7-2)30-28(32)34-25-29(3,4)5/h26H,6-25H2,1-5H3,(H,30,32). The van der Waals surface area contributed by atoms with Gasteiger partial charge in [0, 0.05) is 0 Å². The summed E-state index contributed by atoms with van der Waals surface area (Å²) in [6.07, 6.45) is 21.5. The Bertz CT molecular complexity index is 487. The van der Waals surface area contributed by atoms with Gasteiger partial charge in [-0.3, -0.25) is 0 Å². The lowest BCUT2D eigenvalue weighted by atomic mass is 9.99. The quantitative estimate of drug-likeness (QED) is 0.123. The van der Waals surface area contributed by atoms with Gasteiger partial charge in [-0.2, -0.15) is 0 Å². The number of hydrogen-bond donors (Lipinski definition) is 1. The lowest BCUT2D eigenvalue weighted by Gasteiger charge is -2.21. The van der Waals surface area contributed by atoms with Crippen molar-refractivity contribution < 1.29 is 19.1 Å². The summed E-state index contributed by atoms with van der Waals surface area (Å²) in [4.78, 5) is 24.5. The van der Waals surface area contributed by atoms with Gasteiger partial charge in [0.2, 0.25) is 0 Å². The Morgan fingerprint density at radius 1 is 0.647 bits per heavy atom. The van der Waals surface area contributed by atoms with Crippen LogP contribution in [0.5, 0.6) is 0 Å². The minimum absolute atomic E-state index is 0.107. The Morgan fingerprint density at radius 3 is 1.53 bits per heavy atom. The molecule has 0 aliphatic heterocycles. The Morgan fingerprint density at radius 2 is 1.09 bits per heavy atom. The summed E-state index contributed by atoms with van der Waals surface area (Å²) in [5, 5.41) is 2.69. The molecule has 34 heavy (non-hydrogen) atoms. The van der Waals surface area contributed by atoms with E-state index in [4.69, 9.17) is 9.47 Å². The first-order chi connectivity index (χ1) is 16.3. The van der Waals surface area contributed by atoms with Gasteiger partial charge in [-0.25, -0.2) is 9.59 Å². The highest BCUT2D eigenvalue weighted by Crippen LogP contribution is 2.14. The number of carbonyl (C=O) groups excluding carboxylic acids is 2. The van der Waals surface area contributed by atoms with Crippen LogP contribution in [0.1, 0.15) is 150 Å². The number of hydrogen-bond acceptors (Lipinski definition) is 4. The molecule has 1 amide bonds. The molecule has 0 bridgehead atoms. The Hall–Kier alpha value is -1.26. The molecule has 0 aromatic heterocycles. The van der Waals surface area contributed by atoms with Gasteiger partial charge in [-0.05, 0) is 18.3 Å². The molecule has 0 spiro atoms. The molecule has 202 valence electrons. The normalized spacial score (nSPS) is 12.4. The van der Waals surface area contributed by atoms with Crippen molar-refractivity contribution in [2.75, 3.05) is 13.2 Å². The Kier molecular flexibility index (Phi) is 21.4. The number of amides is 1. The minimum atomic E-state index is -0.622. The number of carbonyl (C=O) groups is 2. The van der Waals surface area contributed by atoms with Crippen molar-refractivity contribution in [1.29, 1.82) is 0 Å². The molecule has 0 rings (SSSR count). The highest BCUT2D eigenvalue weighted by atomic mass is 16.6. The summed E-state index contributed by atoms with van der Waals surface area (Å²) in [7, 11) is 0. The number of alkyl carbamates (subject to hydrolysis) is 1. The molecule has 0 aromatic rings. The van der Waals surface area contributed by atoms with E-state index in [1.807, 2.05) is 20.8 Å². The van der Waals surface area contributed by atoms with Crippen molar-refractivity contribution in [2.45, 2.75) is 156 Å². The highest BCUT2D eigenvalue weighted by molar-refractivity contribution is 5.81. The number of ether oxygens (including phenoxy) is 2. The molecule has 0 aliphatic rings. The van der Waals surface area contributed by atoms with Crippen LogP contribution in [0.3, 0.4) is 0 Å². The maximum Gasteiger partial charge on any atom is 0.407 e. The third kappa shape index (κ3) is 22.5. The second kappa shape index (κ2) is 22.2. The molecule has 0 heterocycles. The smallest absolute Gasteiger partial charge is 0.407 e. The van der Waals surface area contributed by atoms with E-state index in [0.29, 0.717) is 19.6 Å². The van der Waals surface area contributed by atoms with Crippen LogP contribution < -0.4 is 5.32 Å². The largest absolute Gasteiger partial charge is 0.464 e. The summed E-state index contributed by atoms with van der Waals surface area (Å²) >= 11 is 0. The molecule has 0 radical (unpaired) electrons.